The number of furan rings is 1. The largest absolute Gasteiger partial charge is 0.472 e. The zero-order valence-corrected chi connectivity index (χ0v) is 8.97. The molecule has 0 amide bonds. The summed E-state index contributed by atoms with van der Waals surface area (Å²) in [6.45, 7) is 2.99. The summed E-state index contributed by atoms with van der Waals surface area (Å²) in [5.41, 5.74) is 2.28. The van der Waals surface area contributed by atoms with Crippen molar-refractivity contribution in [1.29, 1.82) is 0 Å². The van der Waals surface area contributed by atoms with E-state index in [1.807, 2.05) is 25.5 Å². The van der Waals surface area contributed by atoms with Crippen LogP contribution in [0.5, 0.6) is 0 Å². The Morgan fingerprint density at radius 2 is 2.40 bits per heavy atom. The minimum absolute atomic E-state index is 0.169. The van der Waals surface area contributed by atoms with Gasteiger partial charge in [0.05, 0.1) is 24.8 Å². The van der Waals surface area contributed by atoms with Gasteiger partial charge in [-0.3, -0.25) is 4.68 Å². The molecular weight excluding hydrogens is 190 g/mol. The number of rotatable bonds is 4. The van der Waals surface area contributed by atoms with Gasteiger partial charge in [0, 0.05) is 24.4 Å². The van der Waals surface area contributed by atoms with Gasteiger partial charge in [-0.1, -0.05) is 6.92 Å². The van der Waals surface area contributed by atoms with Crippen LogP contribution in [0, 0.1) is 0 Å². The molecule has 0 fully saturated rings. The van der Waals surface area contributed by atoms with E-state index in [0.29, 0.717) is 0 Å². The molecule has 2 aromatic heterocycles. The summed E-state index contributed by atoms with van der Waals surface area (Å²) in [5.74, 6) is 0. The van der Waals surface area contributed by atoms with Crippen molar-refractivity contribution < 1.29 is 4.42 Å². The first kappa shape index (κ1) is 9.98. The predicted octanol–water partition coefficient (Wildman–Crippen LogP) is 1.71. The molecule has 15 heavy (non-hydrogen) atoms. The standard InChI is InChI=1S/C11H15N3O/c1-3-12-11(9-4-5-15-8-9)10-6-13-14(2)7-10/h4-8,11-12H,3H2,1-2H3. The fraction of sp³-hybridized carbons (Fsp3) is 0.364. The summed E-state index contributed by atoms with van der Waals surface area (Å²) in [6, 6.07) is 2.14. The van der Waals surface area contributed by atoms with E-state index in [2.05, 4.69) is 17.3 Å². The minimum atomic E-state index is 0.169. The Kier molecular flexibility index (Phi) is 2.87. The van der Waals surface area contributed by atoms with Crippen LogP contribution in [0.25, 0.3) is 0 Å². The summed E-state index contributed by atoms with van der Waals surface area (Å²) < 4.78 is 6.91. The lowest BCUT2D eigenvalue weighted by Crippen LogP contribution is -2.21. The van der Waals surface area contributed by atoms with Gasteiger partial charge in [-0.15, -0.1) is 0 Å². The molecule has 80 valence electrons. The Labute approximate surface area is 88.9 Å². The van der Waals surface area contributed by atoms with Gasteiger partial charge in [0.15, 0.2) is 0 Å². The van der Waals surface area contributed by atoms with Crippen LogP contribution in [0.15, 0.2) is 35.4 Å². The van der Waals surface area contributed by atoms with E-state index in [4.69, 9.17) is 4.42 Å². The maximum atomic E-state index is 5.10. The lowest BCUT2D eigenvalue weighted by molar-refractivity contribution is 0.553. The number of aromatic nitrogens is 2. The van der Waals surface area contributed by atoms with E-state index in [9.17, 15) is 0 Å². The molecule has 2 rings (SSSR count). The predicted molar refractivity (Wildman–Crippen MR) is 57.4 cm³/mol. The SMILES string of the molecule is CCNC(c1ccoc1)c1cnn(C)c1. The lowest BCUT2D eigenvalue weighted by Gasteiger charge is -2.13. The van der Waals surface area contributed by atoms with E-state index in [1.165, 1.54) is 0 Å². The van der Waals surface area contributed by atoms with Gasteiger partial charge < -0.3 is 9.73 Å². The molecule has 0 aliphatic heterocycles. The first-order chi connectivity index (χ1) is 7.31. The van der Waals surface area contributed by atoms with Crippen molar-refractivity contribution in [3.05, 3.63) is 42.1 Å². The quantitative estimate of drug-likeness (QED) is 0.826. The maximum absolute atomic E-state index is 5.10. The molecule has 0 aromatic carbocycles. The van der Waals surface area contributed by atoms with Crippen LogP contribution in [0.2, 0.25) is 0 Å². The lowest BCUT2D eigenvalue weighted by atomic mass is 10.1. The third-order valence-electron chi connectivity index (χ3n) is 2.34. The van der Waals surface area contributed by atoms with Crippen LogP contribution in [0.4, 0.5) is 0 Å². The molecule has 0 saturated heterocycles. The summed E-state index contributed by atoms with van der Waals surface area (Å²) in [5, 5.41) is 7.58. The molecule has 4 nitrogen and oxygen atoms in total. The van der Waals surface area contributed by atoms with Crippen molar-refractivity contribution in [1.82, 2.24) is 15.1 Å². The normalized spacial score (nSPS) is 12.9. The third kappa shape index (κ3) is 2.10. The summed E-state index contributed by atoms with van der Waals surface area (Å²) in [6.07, 6.45) is 7.34. The Hall–Kier alpha value is -1.55. The first-order valence-electron chi connectivity index (χ1n) is 5.05. The molecule has 1 N–H and O–H groups in total. The highest BCUT2D eigenvalue weighted by atomic mass is 16.3. The number of nitrogens with zero attached hydrogens (tertiary/aromatic N) is 2. The monoisotopic (exact) mass is 205 g/mol. The topological polar surface area (TPSA) is 43.0 Å². The number of aryl methyl sites for hydroxylation is 1. The second-order valence-electron chi connectivity index (χ2n) is 3.49. The van der Waals surface area contributed by atoms with Crippen LogP contribution in [0.1, 0.15) is 24.1 Å². The first-order valence-corrected chi connectivity index (χ1v) is 5.05. The van der Waals surface area contributed by atoms with Crippen molar-refractivity contribution in [3.8, 4) is 0 Å². The third-order valence-corrected chi connectivity index (χ3v) is 2.34. The zero-order valence-electron chi connectivity index (χ0n) is 8.97. The van der Waals surface area contributed by atoms with E-state index >= 15 is 0 Å². The number of hydrogen-bond donors (Lipinski definition) is 1. The molecule has 0 saturated carbocycles. The van der Waals surface area contributed by atoms with Gasteiger partial charge in [-0.2, -0.15) is 5.10 Å². The molecule has 2 aromatic rings. The van der Waals surface area contributed by atoms with Crippen LogP contribution in [0.3, 0.4) is 0 Å². The van der Waals surface area contributed by atoms with Crippen molar-refractivity contribution in [2.24, 2.45) is 7.05 Å². The molecule has 0 bridgehead atoms. The smallest absolute Gasteiger partial charge is 0.0953 e. The summed E-state index contributed by atoms with van der Waals surface area (Å²) in [4.78, 5) is 0. The van der Waals surface area contributed by atoms with Gasteiger partial charge >= 0.3 is 0 Å². The molecule has 4 heteroatoms. The Morgan fingerprint density at radius 1 is 1.53 bits per heavy atom. The van der Waals surface area contributed by atoms with Crippen LogP contribution in [-0.4, -0.2) is 16.3 Å². The average molecular weight is 205 g/mol. The summed E-state index contributed by atoms with van der Waals surface area (Å²) >= 11 is 0. The van der Waals surface area contributed by atoms with Crippen LogP contribution in [-0.2, 0) is 7.05 Å². The van der Waals surface area contributed by atoms with E-state index < -0.39 is 0 Å². The highest BCUT2D eigenvalue weighted by molar-refractivity contribution is 5.25. The van der Waals surface area contributed by atoms with Crippen molar-refractivity contribution in [2.75, 3.05) is 6.54 Å². The minimum Gasteiger partial charge on any atom is -0.472 e. The van der Waals surface area contributed by atoms with Gasteiger partial charge in [0.2, 0.25) is 0 Å². The summed E-state index contributed by atoms with van der Waals surface area (Å²) in [7, 11) is 1.92. The number of hydrogen-bond acceptors (Lipinski definition) is 3. The Morgan fingerprint density at radius 3 is 2.93 bits per heavy atom. The van der Waals surface area contributed by atoms with Crippen LogP contribution >= 0.6 is 0 Å². The van der Waals surface area contributed by atoms with Gasteiger partial charge in [0.1, 0.15) is 0 Å². The van der Waals surface area contributed by atoms with Crippen LogP contribution < -0.4 is 5.32 Å². The maximum Gasteiger partial charge on any atom is 0.0953 e. The van der Waals surface area contributed by atoms with Crippen molar-refractivity contribution >= 4 is 0 Å². The average Bonchev–Trinajstić information content (AvgIpc) is 2.85. The molecule has 0 aliphatic rings. The Bertz CT molecular complexity index is 405. The highest BCUT2D eigenvalue weighted by Gasteiger charge is 2.15. The van der Waals surface area contributed by atoms with E-state index in [-0.39, 0.29) is 6.04 Å². The molecule has 0 radical (unpaired) electrons. The van der Waals surface area contributed by atoms with E-state index in [1.54, 1.807) is 17.2 Å². The number of nitrogens with one attached hydrogen (secondary N) is 1. The van der Waals surface area contributed by atoms with E-state index in [0.717, 1.165) is 17.7 Å². The Balaban J connectivity index is 2.27. The zero-order chi connectivity index (χ0) is 10.7. The highest BCUT2D eigenvalue weighted by Crippen LogP contribution is 2.21. The molecule has 0 spiro atoms. The van der Waals surface area contributed by atoms with Crippen molar-refractivity contribution in [3.63, 3.8) is 0 Å². The molecule has 2 heterocycles. The second-order valence-corrected chi connectivity index (χ2v) is 3.49. The molecular formula is C11H15N3O. The second kappa shape index (κ2) is 4.31. The fourth-order valence-electron chi connectivity index (χ4n) is 1.66. The van der Waals surface area contributed by atoms with Gasteiger partial charge in [-0.25, -0.2) is 0 Å². The molecule has 1 unspecified atom stereocenters. The van der Waals surface area contributed by atoms with Gasteiger partial charge in [-0.05, 0) is 12.6 Å². The van der Waals surface area contributed by atoms with Gasteiger partial charge in [0.25, 0.3) is 0 Å². The fourth-order valence-corrected chi connectivity index (χ4v) is 1.66. The molecule has 0 aliphatic carbocycles. The van der Waals surface area contributed by atoms with Crippen molar-refractivity contribution in [2.45, 2.75) is 13.0 Å². The molecule has 1 atom stereocenters.